The molecule has 0 aliphatic rings. The van der Waals surface area contributed by atoms with Gasteiger partial charge in [0.15, 0.2) is 0 Å². The standard InChI is InChI=1S/C17H31N5O6S2/c1-9(17(27)28)20-15(25)11(4-6-29-2)22-16(26)12(5-7-30-3)21-14(24)10(18)8-13(19)23/h9-12H,4-8,18H2,1-3H3,(H2,19,23)(H,20,25)(H,21,24)(H,22,26)(H,27,28). The van der Waals surface area contributed by atoms with Crippen molar-refractivity contribution in [3.05, 3.63) is 0 Å². The lowest BCUT2D eigenvalue weighted by Crippen LogP contribution is -2.57. The summed E-state index contributed by atoms with van der Waals surface area (Å²) in [5.41, 5.74) is 10.7. The monoisotopic (exact) mass is 465 g/mol. The number of hydrogen-bond donors (Lipinski definition) is 6. The third-order valence-corrected chi connectivity index (χ3v) is 5.26. The minimum absolute atomic E-state index is 0.268. The molecule has 0 aromatic rings. The van der Waals surface area contributed by atoms with Gasteiger partial charge in [0.1, 0.15) is 18.1 Å². The summed E-state index contributed by atoms with van der Waals surface area (Å²) in [5, 5.41) is 16.4. The van der Waals surface area contributed by atoms with Gasteiger partial charge in [-0.3, -0.25) is 24.0 Å². The molecule has 0 fully saturated rings. The molecule has 172 valence electrons. The van der Waals surface area contributed by atoms with Gasteiger partial charge in [0.2, 0.25) is 23.6 Å². The van der Waals surface area contributed by atoms with E-state index in [1.54, 1.807) is 0 Å². The molecule has 0 aromatic heterocycles. The summed E-state index contributed by atoms with van der Waals surface area (Å²) in [6.07, 6.45) is 3.84. The summed E-state index contributed by atoms with van der Waals surface area (Å²) in [7, 11) is 0. The Balaban J connectivity index is 5.25. The summed E-state index contributed by atoms with van der Waals surface area (Å²) in [6.45, 7) is 1.31. The maximum absolute atomic E-state index is 12.8. The number of amides is 4. The van der Waals surface area contributed by atoms with Crippen molar-refractivity contribution >= 4 is 53.1 Å². The van der Waals surface area contributed by atoms with Crippen molar-refractivity contribution in [1.29, 1.82) is 0 Å². The van der Waals surface area contributed by atoms with E-state index >= 15 is 0 Å². The molecule has 4 unspecified atom stereocenters. The van der Waals surface area contributed by atoms with Crippen LogP contribution < -0.4 is 27.4 Å². The van der Waals surface area contributed by atoms with Gasteiger partial charge in [0.05, 0.1) is 12.5 Å². The Morgan fingerprint density at radius 2 is 1.30 bits per heavy atom. The topological polar surface area (TPSA) is 194 Å². The maximum atomic E-state index is 12.8. The zero-order valence-electron chi connectivity index (χ0n) is 17.3. The Morgan fingerprint density at radius 3 is 1.70 bits per heavy atom. The molecule has 0 heterocycles. The van der Waals surface area contributed by atoms with E-state index in [0.29, 0.717) is 11.5 Å². The van der Waals surface area contributed by atoms with Crippen molar-refractivity contribution in [3.63, 3.8) is 0 Å². The average Bonchev–Trinajstić information content (AvgIpc) is 2.66. The van der Waals surface area contributed by atoms with E-state index in [4.69, 9.17) is 16.6 Å². The largest absolute Gasteiger partial charge is 0.480 e. The minimum atomic E-state index is -1.20. The van der Waals surface area contributed by atoms with Gasteiger partial charge in [-0.25, -0.2) is 0 Å². The zero-order chi connectivity index (χ0) is 23.3. The molecule has 4 amide bonds. The number of carboxylic acids is 1. The molecule has 0 radical (unpaired) electrons. The second-order valence-corrected chi connectivity index (χ2v) is 8.50. The van der Waals surface area contributed by atoms with Gasteiger partial charge in [0, 0.05) is 0 Å². The highest BCUT2D eigenvalue weighted by Crippen LogP contribution is 2.06. The zero-order valence-corrected chi connectivity index (χ0v) is 18.9. The molecule has 0 aliphatic heterocycles. The molecule has 0 rings (SSSR count). The second-order valence-electron chi connectivity index (χ2n) is 6.53. The third kappa shape index (κ3) is 11.3. The summed E-state index contributed by atoms with van der Waals surface area (Å²) in [5.74, 6) is -2.80. The molecule has 0 aliphatic carbocycles. The van der Waals surface area contributed by atoms with E-state index < -0.39 is 53.8 Å². The van der Waals surface area contributed by atoms with E-state index in [-0.39, 0.29) is 19.3 Å². The van der Waals surface area contributed by atoms with Crippen molar-refractivity contribution in [1.82, 2.24) is 16.0 Å². The van der Waals surface area contributed by atoms with Gasteiger partial charge < -0.3 is 32.5 Å². The Hall–Kier alpha value is -1.99. The smallest absolute Gasteiger partial charge is 0.325 e. The highest BCUT2D eigenvalue weighted by molar-refractivity contribution is 7.98. The lowest BCUT2D eigenvalue weighted by molar-refractivity contribution is -0.141. The van der Waals surface area contributed by atoms with Crippen LogP contribution in [0.25, 0.3) is 0 Å². The van der Waals surface area contributed by atoms with Gasteiger partial charge in [-0.2, -0.15) is 23.5 Å². The van der Waals surface area contributed by atoms with Crippen LogP contribution in [0.3, 0.4) is 0 Å². The van der Waals surface area contributed by atoms with E-state index in [1.807, 2.05) is 12.5 Å². The molecule has 0 saturated heterocycles. The Morgan fingerprint density at radius 1 is 0.867 bits per heavy atom. The fourth-order valence-electron chi connectivity index (χ4n) is 2.25. The summed E-state index contributed by atoms with van der Waals surface area (Å²) in [6, 6.07) is -4.27. The first-order valence-electron chi connectivity index (χ1n) is 9.19. The van der Waals surface area contributed by atoms with Gasteiger partial charge in [0.25, 0.3) is 0 Å². The van der Waals surface area contributed by atoms with Gasteiger partial charge >= 0.3 is 5.97 Å². The van der Waals surface area contributed by atoms with Crippen LogP contribution in [0, 0.1) is 0 Å². The van der Waals surface area contributed by atoms with E-state index in [1.165, 1.54) is 30.4 Å². The Labute approximate surface area is 184 Å². The SMILES string of the molecule is CSCCC(NC(=O)C(N)CC(N)=O)C(=O)NC(CCSC)C(=O)NC(C)C(=O)O. The molecule has 0 bridgehead atoms. The third-order valence-electron chi connectivity index (χ3n) is 3.97. The number of nitrogens with one attached hydrogen (secondary N) is 3. The van der Waals surface area contributed by atoms with E-state index in [9.17, 15) is 24.0 Å². The molecule has 4 atom stereocenters. The van der Waals surface area contributed by atoms with Gasteiger partial charge in [-0.1, -0.05) is 0 Å². The van der Waals surface area contributed by atoms with Crippen LogP contribution in [-0.4, -0.2) is 82.9 Å². The Kier molecular flexibility index (Phi) is 13.9. The van der Waals surface area contributed by atoms with Crippen LogP contribution in [0.1, 0.15) is 26.2 Å². The molecule has 11 nitrogen and oxygen atoms in total. The molecule has 0 aromatic carbocycles. The van der Waals surface area contributed by atoms with Crippen LogP contribution in [0.2, 0.25) is 0 Å². The van der Waals surface area contributed by atoms with Crippen molar-refractivity contribution in [2.45, 2.75) is 50.4 Å². The van der Waals surface area contributed by atoms with Crippen LogP contribution >= 0.6 is 23.5 Å². The lowest BCUT2D eigenvalue weighted by atomic mass is 10.1. The van der Waals surface area contributed by atoms with Crippen molar-refractivity contribution in [2.24, 2.45) is 11.5 Å². The molecular weight excluding hydrogens is 434 g/mol. The van der Waals surface area contributed by atoms with Crippen molar-refractivity contribution in [2.75, 3.05) is 24.0 Å². The molecule has 8 N–H and O–H groups in total. The average molecular weight is 466 g/mol. The number of hydrogen-bond acceptors (Lipinski definition) is 8. The minimum Gasteiger partial charge on any atom is -0.480 e. The summed E-state index contributed by atoms with van der Waals surface area (Å²) in [4.78, 5) is 59.3. The number of carbonyl (C=O) groups excluding carboxylic acids is 4. The first-order valence-corrected chi connectivity index (χ1v) is 12.0. The summed E-state index contributed by atoms with van der Waals surface area (Å²) >= 11 is 2.92. The number of aliphatic carboxylic acids is 1. The summed E-state index contributed by atoms with van der Waals surface area (Å²) < 4.78 is 0. The molecule has 30 heavy (non-hydrogen) atoms. The van der Waals surface area contributed by atoms with Crippen LogP contribution in [0.5, 0.6) is 0 Å². The molecular formula is C17H31N5O6S2. The van der Waals surface area contributed by atoms with E-state index in [2.05, 4.69) is 16.0 Å². The first-order chi connectivity index (χ1) is 14.0. The van der Waals surface area contributed by atoms with Gasteiger partial charge in [-0.05, 0) is 43.8 Å². The predicted molar refractivity (Wildman–Crippen MR) is 117 cm³/mol. The van der Waals surface area contributed by atoms with Crippen LogP contribution in [0.4, 0.5) is 0 Å². The molecule has 0 saturated carbocycles. The quantitative estimate of drug-likeness (QED) is 0.163. The second kappa shape index (κ2) is 14.9. The number of rotatable bonds is 15. The fraction of sp³-hybridized carbons (Fsp3) is 0.706. The highest BCUT2D eigenvalue weighted by atomic mass is 32.2. The van der Waals surface area contributed by atoms with Crippen LogP contribution in [0.15, 0.2) is 0 Å². The van der Waals surface area contributed by atoms with Crippen molar-refractivity contribution in [3.8, 4) is 0 Å². The lowest BCUT2D eigenvalue weighted by Gasteiger charge is -2.24. The number of nitrogens with two attached hydrogens (primary N) is 2. The fourth-order valence-corrected chi connectivity index (χ4v) is 3.19. The number of thioether (sulfide) groups is 2. The molecule has 13 heteroatoms. The predicted octanol–water partition coefficient (Wildman–Crippen LogP) is -1.75. The van der Waals surface area contributed by atoms with Gasteiger partial charge in [-0.15, -0.1) is 0 Å². The maximum Gasteiger partial charge on any atom is 0.325 e. The number of carboxylic acid groups (broad SMARTS) is 1. The normalized spacial score (nSPS) is 14.7. The van der Waals surface area contributed by atoms with Crippen molar-refractivity contribution < 1.29 is 29.1 Å². The van der Waals surface area contributed by atoms with E-state index in [0.717, 1.165) is 0 Å². The first kappa shape index (κ1) is 28.0. The molecule has 0 spiro atoms. The number of carbonyl (C=O) groups is 5. The van der Waals surface area contributed by atoms with Crippen LogP contribution in [-0.2, 0) is 24.0 Å². The highest BCUT2D eigenvalue weighted by Gasteiger charge is 2.29. The number of primary amides is 1. The Bertz CT molecular complexity index is 621.